The number of hydrazine groups is 1. The van der Waals surface area contributed by atoms with Crippen molar-refractivity contribution in [3.05, 3.63) is 53.6 Å². The van der Waals surface area contributed by atoms with Gasteiger partial charge in [0.2, 0.25) is 11.8 Å². The minimum atomic E-state index is -1.03. The first-order valence-electron chi connectivity index (χ1n) is 12.2. The number of anilines is 3. The summed E-state index contributed by atoms with van der Waals surface area (Å²) in [6, 6.07) is 10.8. The van der Waals surface area contributed by atoms with Gasteiger partial charge in [0.1, 0.15) is 11.6 Å². The highest BCUT2D eigenvalue weighted by Crippen LogP contribution is 2.32. The third-order valence-corrected chi connectivity index (χ3v) is 5.80. The van der Waals surface area contributed by atoms with Crippen molar-refractivity contribution in [2.75, 3.05) is 16.1 Å². The number of carbonyl (C=O) groups excluding carboxylic acids is 5. The van der Waals surface area contributed by atoms with Crippen molar-refractivity contribution in [2.24, 2.45) is 0 Å². The Morgan fingerprint density at radius 2 is 1.71 bits per heavy atom. The number of piperidine rings is 1. The highest BCUT2D eigenvalue weighted by molar-refractivity contribution is 6.25. The number of hydrogen-bond donors (Lipinski definition) is 5. The molecule has 2 aliphatic heterocycles. The highest BCUT2D eigenvalue weighted by Gasteiger charge is 2.45. The van der Waals surface area contributed by atoms with Crippen molar-refractivity contribution in [3.63, 3.8) is 0 Å². The third kappa shape index (κ3) is 5.92. The first-order chi connectivity index (χ1) is 17.9. The molecule has 2 unspecified atom stereocenters. The van der Waals surface area contributed by atoms with Gasteiger partial charge in [-0.15, -0.1) is 0 Å². The number of amides is 5. The van der Waals surface area contributed by atoms with Crippen LogP contribution in [0.4, 0.5) is 21.9 Å². The van der Waals surface area contributed by atoms with E-state index in [9.17, 15) is 24.0 Å². The summed E-state index contributed by atoms with van der Waals surface area (Å²) in [5.74, 6) is -2.26. The first-order valence-corrected chi connectivity index (χ1v) is 12.2. The smallest absolute Gasteiger partial charge is 0.412 e. The molecular weight excluding hydrogens is 492 g/mol. The molecule has 5 N–H and O–H groups in total. The summed E-state index contributed by atoms with van der Waals surface area (Å²) in [4.78, 5) is 62.8. The summed E-state index contributed by atoms with van der Waals surface area (Å²) in [5, 5.41) is 8.08. The van der Waals surface area contributed by atoms with Crippen LogP contribution in [-0.2, 0) is 14.3 Å². The number of imide groups is 2. The van der Waals surface area contributed by atoms with Gasteiger partial charge in [-0.3, -0.25) is 34.7 Å². The van der Waals surface area contributed by atoms with Gasteiger partial charge in [0.05, 0.1) is 23.0 Å². The summed E-state index contributed by atoms with van der Waals surface area (Å²) in [7, 11) is 0. The highest BCUT2D eigenvalue weighted by atomic mass is 16.6. The molecule has 2 aliphatic rings. The van der Waals surface area contributed by atoms with Crippen LogP contribution in [-0.4, -0.2) is 52.4 Å². The van der Waals surface area contributed by atoms with Crippen molar-refractivity contribution < 1.29 is 28.7 Å². The topological polar surface area (TPSA) is 158 Å². The Hall–Kier alpha value is -4.45. The summed E-state index contributed by atoms with van der Waals surface area (Å²) >= 11 is 0. The van der Waals surface area contributed by atoms with Gasteiger partial charge in [-0.1, -0.05) is 6.07 Å². The van der Waals surface area contributed by atoms with Gasteiger partial charge in [-0.05, 0) is 70.5 Å². The van der Waals surface area contributed by atoms with Crippen LogP contribution >= 0.6 is 0 Å². The van der Waals surface area contributed by atoms with Gasteiger partial charge >= 0.3 is 6.09 Å². The van der Waals surface area contributed by atoms with Crippen molar-refractivity contribution >= 4 is 46.8 Å². The molecule has 5 amide bonds. The molecule has 2 aromatic rings. The molecule has 2 aromatic carbocycles. The first kappa shape index (κ1) is 26.6. The molecule has 0 saturated carbocycles. The Bertz CT molecular complexity index is 1290. The average Bonchev–Trinajstić information content (AvgIpc) is 3.08. The lowest BCUT2D eigenvalue weighted by Gasteiger charge is -2.27. The molecule has 38 heavy (non-hydrogen) atoms. The SMILES string of the molecule is CC(NNc1cccc2c1C(=O)N(C1CCC(=O)NC1=O)C2=O)Nc1ccc(NC(=O)OC(C)(C)C)cc1. The monoisotopic (exact) mass is 522 g/mol. The van der Waals surface area contributed by atoms with Crippen molar-refractivity contribution in [3.8, 4) is 0 Å². The molecule has 0 aromatic heterocycles. The van der Waals surface area contributed by atoms with Crippen molar-refractivity contribution in [1.82, 2.24) is 15.6 Å². The van der Waals surface area contributed by atoms with E-state index in [2.05, 4.69) is 26.8 Å². The van der Waals surface area contributed by atoms with Gasteiger partial charge in [-0.2, -0.15) is 0 Å². The van der Waals surface area contributed by atoms with E-state index in [1.165, 1.54) is 6.07 Å². The molecule has 0 bridgehead atoms. The van der Waals surface area contributed by atoms with E-state index < -0.39 is 41.4 Å². The van der Waals surface area contributed by atoms with Gasteiger partial charge in [0.15, 0.2) is 0 Å². The molecule has 200 valence electrons. The van der Waals surface area contributed by atoms with Crippen LogP contribution < -0.4 is 26.8 Å². The average molecular weight is 523 g/mol. The fourth-order valence-corrected chi connectivity index (χ4v) is 4.16. The molecule has 2 atom stereocenters. The second-order valence-electron chi connectivity index (χ2n) is 10.0. The zero-order chi connectivity index (χ0) is 27.6. The number of carbonyl (C=O) groups is 5. The lowest BCUT2D eigenvalue weighted by atomic mass is 10.0. The minimum absolute atomic E-state index is 0.0533. The van der Waals surface area contributed by atoms with Crippen LogP contribution in [0.3, 0.4) is 0 Å². The van der Waals surface area contributed by atoms with E-state index in [4.69, 9.17) is 4.74 Å². The van der Waals surface area contributed by atoms with Crippen LogP contribution in [0.25, 0.3) is 0 Å². The van der Waals surface area contributed by atoms with Crippen LogP contribution in [0.1, 0.15) is 61.3 Å². The van der Waals surface area contributed by atoms with E-state index in [1.807, 2.05) is 6.92 Å². The second-order valence-corrected chi connectivity index (χ2v) is 10.0. The number of hydrogen-bond acceptors (Lipinski definition) is 9. The summed E-state index contributed by atoms with van der Waals surface area (Å²) in [6.07, 6.45) is -0.729. The Morgan fingerprint density at radius 3 is 2.37 bits per heavy atom. The maximum Gasteiger partial charge on any atom is 0.412 e. The van der Waals surface area contributed by atoms with Crippen molar-refractivity contribution in [1.29, 1.82) is 0 Å². The minimum Gasteiger partial charge on any atom is -0.444 e. The predicted molar refractivity (Wildman–Crippen MR) is 139 cm³/mol. The van der Waals surface area contributed by atoms with Crippen molar-refractivity contribution in [2.45, 2.75) is 58.3 Å². The maximum absolute atomic E-state index is 13.2. The fraction of sp³-hybridized carbons (Fsp3) is 0.346. The van der Waals surface area contributed by atoms with E-state index in [1.54, 1.807) is 57.2 Å². The van der Waals surface area contributed by atoms with Gasteiger partial charge in [-0.25, -0.2) is 10.2 Å². The molecule has 0 spiro atoms. The Morgan fingerprint density at radius 1 is 1.03 bits per heavy atom. The van der Waals surface area contributed by atoms with E-state index >= 15 is 0 Å². The maximum atomic E-state index is 13.2. The molecule has 1 fully saturated rings. The number of ether oxygens (including phenoxy) is 1. The molecule has 12 nitrogen and oxygen atoms in total. The quantitative estimate of drug-likeness (QED) is 0.209. The van der Waals surface area contributed by atoms with Gasteiger partial charge in [0.25, 0.3) is 11.8 Å². The number of benzene rings is 2. The van der Waals surface area contributed by atoms with Crippen LogP contribution in [0.2, 0.25) is 0 Å². The fourth-order valence-electron chi connectivity index (χ4n) is 4.16. The third-order valence-electron chi connectivity index (χ3n) is 5.80. The largest absolute Gasteiger partial charge is 0.444 e. The zero-order valence-electron chi connectivity index (χ0n) is 21.5. The van der Waals surface area contributed by atoms with E-state index in [0.29, 0.717) is 11.4 Å². The number of nitrogens with one attached hydrogen (secondary N) is 5. The zero-order valence-corrected chi connectivity index (χ0v) is 21.5. The van der Waals surface area contributed by atoms with Gasteiger partial charge < -0.3 is 15.5 Å². The van der Waals surface area contributed by atoms with Crippen LogP contribution in [0.15, 0.2) is 42.5 Å². The predicted octanol–water partition coefficient (Wildman–Crippen LogP) is 2.81. The standard InChI is InChI=1S/C26H30N6O6/c1-14(27-15-8-10-16(11-9-15)28-25(37)38-26(2,3)4)30-31-18-7-5-6-17-21(18)24(36)32(23(17)35)19-12-13-20(33)29-22(19)34/h5-11,14,19,27,30-31H,12-13H2,1-4H3,(H,28,37)(H,29,33,34). The molecule has 4 rings (SSSR count). The van der Waals surface area contributed by atoms with E-state index in [0.717, 1.165) is 10.6 Å². The lowest BCUT2D eigenvalue weighted by Crippen LogP contribution is -2.54. The summed E-state index contributed by atoms with van der Waals surface area (Å²) in [5.41, 5.74) is 7.46. The number of nitrogens with zero attached hydrogens (tertiary/aromatic N) is 1. The second kappa shape index (κ2) is 10.5. The molecule has 2 heterocycles. The number of fused-ring (bicyclic) bond motifs is 1. The normalized spacial score (nSPS) is 18.0. The van der Waals surface area contributed by atoms with Crippen LogP contribution in [0.5, 0.6) is 0 Å². The summed E-state index contributed by atoms with van der Waals surface area (Å²) < 4.78 is 5.24. The molecule has 1 saturated heterocycles. The molecule has 0 aliphatic carbocycles. The van der Waals surface area contributed by atoms with E-state index in [-0.39, 0.29) is 30.1 Å². The Kier molecular flexibility index (Phi) is 7.35. The van der Waals surface area contributed by atoms with Crippen LogP contribution in [0, 0.1) is 0 Å². The summed E-state index contributed by atoms with van der Waals surface area (Å²) in [6.45, 7) is 7.20. The van der Waals surface area contributed by atoms with Gasteiger partial charge in [0, 0.05) is 17.8 Å². The molecular formula is C26H30N6O6. The Labute approximate surface area is 219 Å². The Balaban J connectivity index is 1.37. The lowest BCUT2D eigenvalue weighted by molar-refractivity contribution is -0.136. The molecule has 12 heteroatoms. The number of rotatable bonds is 7. The molecule has 0 radical (unpaired) electrons.